The Hall–Kier alpha value is -2.26. The van der Waals surface area contributed by atoms with Gasteiger partial charge in [0.05, 0.1) is 23.7 Å². The zero-order valence-corrected chi connectivity index (χ0v) is 11.6. The SMILES string of the molecule is N#CCSc1ccccc1C(=O)NCCc1cnc[nH]1. The summed E-state index contributed by atoms with van der Waals surface area (Å²) in [5.74, 6) is 0.212. The lowest BCUT2D eigenvalue weighted by atomic mass is 10.2. The van der Waals surface area contributed by atoms with Crippen LogP contribution in [0.5, 0.6) is 0 Å². The van der Waals surface area contributed by atoms with Gasteiger partial charge in [0, 0.05) is 29.8 Å². The van der Waals surface area contributed by atoms with Gasteiger partial charge < -0.3 is 10.3 Å². The van der Waals surface area contributed by atoms with Crippen LogP contribution < -0.4 is 5.32 Å². The second-order valence-corrected chi connectivity index (χ2v) is 5.04. The zero-order valence-electron chi connectivity index (χ0n) is 10.8. The molecule has 2 N–H and O–H groups in total. The Kier molecular flexibility index (Phi) is 5.21. The molecule has 0 saturated heterocycles. The normalized spacial score (nSPS) is 9.95. The minimum atomic E-state index is -0.120. The van der Waals surface area contributed by atoms with Crippen LogP contribution in [0.1, 0.15) is 16.1 Å². The van der Waals surface area contributed by atoms with Gasteiger partial charge in [-0.2, -0.15) is 5.26 Å². The van der Waals surface area contributed by atoms with Crippen molar-refractivity contribution < 1.29 is 4.79 Å². The molecule has 5 nitrogen and oxygen atoms in total. The topological polar surface area (TPSA) is 81.6 Å². The maximum atomic E-state index is 12.1. The lowest BCUT2D eigenvalue weighted by Gasteiger charge is -2.08. The molecule has 0 aliphatic rings. The van der Waals surface area contributed by atoms with E-state index in [4.69, 9.17) is 5.26 Å². The predicted octanol–water partition coefficient (Wildman–Crippen LogP) is 2.00. The van der Waals surface area contributed by atoms with Crippen LogP contribution in [-0.4, -0.2) is 28.2 Å². The molecule has 2 aromatic rings. The molecule has 6 heteroatoms. The van der Waals surface area contributed by atoms with Gasteiger partial charge in [-0.15, -0.1) is 11.8 Å². The van der Waals surface area contributed by atoms with Gasteiger partial charge in [0.25, 0.3) is 5.91 Å². The molecule has 1 aromatic carbocycles. The summed E-state index contributed by atoms with van der Waals surface area (Å²) >= 11 is 1.37. The second kappa shape index (κ2) is 7.36. The maximum Gasteiger partial charge on any atom is 0.252 e. The molecule has 0 bridgehead atoms. The Balaban J connectivity index is 1.93. The van der Waals surface area contributed by atoms with Gasteiger partial charge in [-0.3, -0.25) is 4.79 Å². The highest BCUT2D eigenvalue weighted by atomic mass is 32.2. The van der Waals surface area contributed by atoms with Crippen molar-refractivity contribution in [3.05, 3.63) is 48.0 Å². The number of nitrogens with one attached hydrogen (secondary N) is 2. The number of carbonyl (C=O) groups excluding carboxylic acids is 1. The molecular formula is C14H14N4OS. The van der Waals surface area contributed by atoms with E-state index < -0.39 is 0 Å². The number of benzene rings is 1. The molecule has 0 unspecified atom stereocenters. The molecule has 0 spiro atoms. The van der Waals surface area contributed by atoms with Crippen molar-refractivity contribution in [1.29, 1.82) is 5.26 Å². The molecule has 2 rings (SSSR count). The summed E-state index contributed by atoms with van der Waals surface area (Å²) in [5.41, 5.74) is 1.59. The summed E-state index contributed by atoms with van der Waals surface area (Å²) in [5, 5.41) is 11.5. The van der Waals surface area contributed by atoms with E-state index in [0.717, 1.165) is 10.6 Å². The number of aromatic nitrogens is 2. The summed E-state index contributed by atoms with van der Waals surface area (Å²) in [4.78, 5) is 19.9. The zero-order chi connectivity index (χ0) is 14.2. The second-order valence-electron chi connectivity index (χ2n) is 4.03. The van der Waals surface area contributed by atoms with E-state index in [1.165, 1.54) is 11.8 Å². The smallest absolute Gasteiger partial charge is 0.252 e. The summed E-state index contributed by atoms with van der Waals surface area (Å²) in [7, 11) is 0. The Bertz CT molecular complexity index is 604. The summed E-state index contributed by atoms with van der Waals surface area (Å²) in [6.45, 7) is 0.540. The molecule has 0 aliphatic heterocycles. The molecule has 1 heterocycles. The molecule has 1 amide bonds. The summed E-state index contributed by atoms with van der Waals surface area (Å²) < 4.78 is 0. The summed E-state index contributed by atoms with van der Waals surface area (Å²) in [6, 6.07) is 9.37. The van der Waals surface area contributed by atoms with Crippen LogP contribution in [0.4, 0.5) is 0 Å². The van der Waals surface area contributed by atoms with Gasteiger partial charge in [0.1, 0.15) is 0 Å². The number of nitriles is 1. The van der Waals surface area contributed by atoms with Crippen molar-refractivity contribution in [3.63, 3.8) is 0 Å². The number of thioether (sulfide) groups is 1. The minimum Gasteiger partial charge on any atom is -0.352 e. The average molecular weight is 286 g/mol. The first-order chi connectivity index (χ1) is 9.81. The third kappa shape index (κ3) is 3.87. The maximum absolute atomic E-state index is 12.1. The number of rotatable bonds is 6. The molecule has 0 aliphatic carbocycles. The molecular weight excluding hydrogens is 272 g/mol. The van der Waals surface area contributed by atoms with Crippen molar-refractivity contribution in [2.75, 3.05) is 12.3 Å². The van der Waals surface area contributed by atoms with E-state index in [1.807, 2.05) is 18.2 Å². The first-order valence-electron chi connectivity index (χ1n) is 6.15. The fraction of sp³-hybridized carbons (Fsp3) is 0.214. The monoisotopic (exact) mass is 286 g/mol. The number of H-pyrrole nitrogens is 1. The van der Waals surface area contributed by atoms with E-state index in [1.54, 1.807) is 18.6 Å². The van der Waals surface area contributed by atoms with Gasteiger partial charge in [-0.05, 0) is 12.1 Å². The Morgan fingerprint density at radius 3 is 3.05 bits per heavy atom. The molecule has 20 heavy (non-hydrogen) atoms. The standard InChI is InChI=1S/C14H14N4OS/c15-6-8-20-13-4-2-1-3-12(13)14(19)17-7-5-11-9-16-10-18-11/h1-4,9-10H,5,7-8H2,(H,16,18)(H,17,19). The van der Waals surface area contributed by atoms with Crippen molar-refractivity contribution in [1.82, 2.24) is 15.3 Å². The molecule has 0 radical (unpaired) electrons. The first-order valence-corrected chi connectivity index (χ1v) is 7.14. The number of aromatic amines is 1. The predicted molar refractivity (Wildman–Crippen MR) is 77.4 cm³/mol. The van der Waals surface area contributed by atoms with E-state index in [-0.39, 0.29) is 5.91 Å². The molecule has 102 valence electrons. The van der Waals surface area contributed by atoms with Gasteiger partial charge in [0.2, 0.25) is 0 Å². The number of hydrogen-bond donors (Lipinski definition) is 2. The van der Waals surface area contributed by atoms with Crippen LogP contribution in [-0.2, 0) is 6.42 Å². The van der Waals surface area contributed by atoms with Crippen LogP contribution in [0.2, 0.25) is 0 Å². The third-order valence-electron chi connectivity index (χ3n) is 2.66. The van der Waals surface area contributed by atoms with Crippen LogP contribution in [0.3, 0.4) is 0 Å². The van der Waals surface area contributed by atoms with Crippen LogP contribution in [0.15, 0.2) is 41.7 Å². The minimum absolute atomic E-state index is 0.120. The Morgan fingerprint density at radius 1 is 1.45 bits per heavy atom. The van der Waals surface area contributed by atoms with Crippen molar-refractivity contribution in [3.8, 4) is 6.07 Å². The fourth-order valence-corrected chi connectivity index (χ4v) is 2.43. The lowest BCUT2D eigenvalue weighted by molar-refractivity contribution is 0.0951. The average Bonchev–Trinajstić information content (AvgIpc) is 2.98. The van der Waals surface area contributed by atoms with Gasteiger partial charge in [0.15, 0.2) is 0 Å². The highest BCUT2D eigenvalue weighted by molar-refractivity contribution is 7.99. The quantitative estimate of drug-likeness (QED) is 0.796. The first kappa shape index (κ1) is 14.2. The number of imidazole rings is 1. The Labute approximate surface area is 121 Å². The molecule has 1 aromatic heterocycles. The van der Waals surface area contributed by atoms with E-state index in [0.29, 0.717) is 24.3 Å². The van der Waals surface area contributed by atoms with Crippen LogP contribution in [0, 0.1) is 11.3 Å². The number of amides is 1. The van der Waals surface area contributed by atoms with Crippen molar-refractivity contribution >= 4 is 17.7 Å². The summed E-state index contributed by atoms with van der Waals surface area (Å²) in [6.07, 6.45) is 4.06. The molecule has 0 fully saturated rings. The van der Waals surface area contributed by atoms with Crippen LogP contribution >= 0.6 is 11.8 Å². The van der Waals surface area contributed by atoms with Crippen molar-refractivity contribution in [2.24, 2.45) is 0 Å². The highest BCUT2D eigenvalue weighted by Crippen LogP contribution is 2.21. The molecule has 0 atom stereocenters. The van der Waals surface area contributed by atoms with E-state index >= 15 is 0 Å². The van der Waals surface area contributed by atoms with E-state index in [9.17, 15) is 4.79 Å². The third-order valence-corrected chi connectivity index (χ3v) is 3.60. The number of carbonyl (C=O) groups is 1. The largest absolute Gasteiger partial charge is 0.352 e. The lowest BCUT2D eigenvalue weighted by Crippen LogP contribution is -2.26. The van der Waals surface area contributed by atoms with Crippen molar-refractivity contribution in [2.45, 2.75) is 11.3 Å². The Morgan fingerprint density at radius 2 is 2.30 bits per heavy atom. The van der Waals surface area contributed by atoms with Gasteiger partial charge in [-0.1, -0.05) is 12.1 Å². The fourth-order valence-electron chi connectivity index (χ4n) is 1.72. The number of nitrogens with zero attached hydrogens (tertiary/aromatic N) is 2. The van der Waals surface area contributed by atoms with Crippen LogP contribution in [0.25, 0.3) is 0 Å². The molecule has 0 saturated carbocycles. The van der Waals surface area contributed by atoms with Gasteiger partial charge >= 0.3 is 0 Å². The van der Waals surface area contributed by atoms with E-state index in [2.05, 4.69) is 21.4 Å². The highest BCUT2D eigenvalue weighted by Gasteiger charge is 2.10. The number of hydrogen-bond acceptors (Lipinski definition) is 4. The van der Waals surface area contributed by atoms with Gasteiger partial charge in [-0.25, -0.2) is 4.98 Å².